The predicted octanol–water partition coefficient (Wildman–Crippen LogP) is 2.46. The fourth-order valence-corrected chi connectivity index (χ4v) is 3.24. The lowest BCUT2D eigenvalue weighted by Crippen LogP contribution is -2.49. The van der Waals surface area contributed by atoms with E-state index in [4.69, 9.17) is 5.73 Å². The molecule has 1 aromatic carbocycles. The highest BCUT2D eigenvalue weighted by molar-refractivity contribution is 5.96. The molecule has 1 aliphatic rings. The van der Waals surface area contributed by atoms with Crippen molar-refractivity contribution in [3.8, 4) is 0 Å². The minimum absolute atomic E-state index is 0.0634. The van der Waals surface area contributed by atoms with Gasteiger partial charge in [-0.05, 0) is 43.0 Å². The quantitative estimate of drug-likeness (QED) is 0.718. The number of nitrogens with two attached hydrogens (primary N) is 1. The first kappa shape index (κ1) is 20.2. The summed E-state index contributed by atoms with van der Waals surface area (Å²) in [6.45, 7) is 0.0896. The molecule has 0 saturated heterocycles. The first-order chi connectivity index (χ1) is 12.3. The number of hydrogen-bond donors (Lipinski definition) is 3. The van der Waals surface area contributed by atoms with E-state index in [-0.39, 0.29) is 24.1 Å². The van der Waals surface area contributed by atoms with Gasteiger partial charge < -0.3 is 16.4 Å². The lowest BCUT2D eigenvalue weighted by atomic mass is 9.84. The van der Waals surface area contributed by atoms with Gasteiger partial charge in [-0.25, -0.2) is 0 Å². The number of carbonyl (C=O) groups excluding carboxylic acids is 2. The van der Waals surface area contributed by atoms with Crippen LogP contribution in [-0.2, 0) is 11.0 Å². The lowest BCUT2D eigenvalue weighted by Gasteiger charge is -2.30. The molecular formula is C18H24F3N3O2. The van der Waals surface area contributed by atoms with E-state index in [2.05, 4.69) is 10.6 Å². The van der Waals surface area contributed by atoms with Gasteiger partial charge in [-0.2, -0.15) is 13.2 Å². The second-order valence-electron chi connectivity index (χ2n) is 6.57. The average Bonchev–Trinajstić information content (AvgIpc) is 2.64. The topological polar surface area (TPSA) is 84.2 Å². The number of carbonyl (C=O) groups is 2. The Hall–Kier alpha value is -2.09. The molecule has 0 bridgehead atoms. The zero-order valence-corrected chi connectivity index (χ0v) is 14.4. The first-order valence-corrected chi connectivity index (χ1v) is 8.76. The van der Waals surface area contributed by atoms with Gasteiger partial charge >= 0.3 is 6.18 Å². The van der Waals surface area contributed by atoms with E-state index in [9.17, 15) is 22.8 Å². The smallest absolute Gasteiger partial charge is 0.350 e. The Morgan fingerprint density at radius 2 is 1.73 bits per heavy atom. The van der Waals surface area contributed by atoms with E-state index in [1.807, 2.05) is 0 Å². The van der Waals surface area contributed by atoms with Crippen LogP contribution in [0, 0.1) is 5.92 Å². The molecule has 1 atom stereocenters. The Labute approximate surface area is 150 Å². The zero-order chi connectivity index (χ0) is 19.2. The van der Waals surface area contributed by atoms with Crippen LogP contribution < -0.4 is 16.4 Å². The summed E-state index contributed by atoms with van der Waals surface area (Å²) in [5, 5.41) is 5.26. The monoisotopic (exact) mass is 371 g/mol. The Bertz CT molecular complexity index is 611. The van der Waals surface area contributed by atoms with Gasteiger partial charge in [0.25, 0.3) is 5.91 Å². The predicted molar refractivity (Wildman–Crippen MR) is 91.3 cm³/mol. The number of benzene rings is 1. The highest BCUT2D eigenvalue weighted by Crippen LogP contribution is 2.29. The van der Waals surface area contributed by atoms with Gasteiger partial charge in [0, 0.05) is 18.2 Å². The van der Waals surface area contributed by atoms with Crippen molar-refractivity contribution in [2.45, 2.75) is 44.3 Å². The molecule has 1 saturated carbocycles. The summed E-state index contributed by atoms with van der Waals surface area (Å²) < 4.78 is 37.6. The van der Waals surface area contributed by atoms with E-state index in [1.54, 1.807) is 0 Å². The summed E-state index contributed by atoms with van der Waals surface area (Å²) in [6.07, 6.45) is 1.06. The van der Waals surface area contributed by atoms with E-state index >= 15 is 0 Å². The molecule has 1 unspecified atom stereocenters. The van der Waals surface area contributed by atoms with Crippen molar-refractivity contribution in [3.05, 3.63) is 35.4 Å². The van der Waals surface area contributed by atoms with Crippen LogP contribution in [0.25, 0.3) is 0 Å². The minimum atomic E-state index is -4.45. The second kappa shape index (κ2) is 9.02. The number of amides is 2. The normalized spacial score (nSPS) is 16.8. The van der Waals surface area contributed by atoms with Crippen molar-refractivity contribution >= 4 is 11.8 Å². The summed E-state index contributed by atoms with van der Waals surface area (Å²) in [7, 11) is 0. The van der Waals surface area contributed by atoms with Gasteiger partial charge in [0.1, 0.15) is 0 Å². The van der Waals surface area contributed by atoms with Crippen LogP contribution in [0.2, 0.25) is 0 Å². The third-order valence-electron chi connectivity index (χ3n) is 4.70. The average molecular weight is 371 g/mol. The summed E-state index contributed by atoms with van der Waals surface area (Å²) >= 11 is 0. The van der Waals surface area contributed by atoms with Crippen molar-refractivity contribution in [2.75, 3.05) is 13.1 Å². The summed E-state index contributed by atoms with van der Waals surface area (Å²) in [5.41, 5.74) is 4.99. The number of nitrogens with one attached hydrogen (secondary N) is 2. The van der Waals surface area contributed by atoms with Gasteiger partial charge in [-0.3, -0.25) is 9.59 Å². The SMILES string of the molecule is NCC(NC(=O)CNC(=O)c1ccc(C(F)(F)F)cc1)C1CCCCC1. The number of rotatable bonds is 6. The summed E-state index contributed by atoms with van der Waals surface area (Å²) in [6, 6.07) is 3.72. The molecule has 26 heavy (non-hydrogen) atoms. The van der Waals surface area contributed by atoms with E-state index < -0.39 is 17.6 Å². The van der Waals surface area contributed by atoms with E-state index in [0.717, 1.165) is 49.9 Å². The van der Waals surface area contributed by atoms with Gasteiger partial charge in [-0.15, -0.1) is 0 Å². The third kappa shape index (κ3) is 5.72. The van der Waals surface area contributed by atoms with Gasteiger partial charge in [-0.1, -0.05) is 19.3 Å². The molecule has 0 aliphatic heterocycles. The molecule has 0 radical (unpaired) electrons. The molecular weight excluding hydrogens is 347 g/mol. The molecule has 2 rings (SSSR count). The van der Waals surface area contributed by atoms with Crippen molar-refractivity contribution < 1.29 is 22.8 Å². The van der Waals surface area contributed by atoms with Crippen LogP contribution in [0.15, 0.2) is 24.3 Å². The van der Waals surface area contributed by atoms with Crippen LogP contribution in [0.1, 0.15) is 48.0 Å². The molecule has 144 valence electrons. The molecule has 0 aromatic heterocycles. The van der Waals surface area contributed by atoms with Crippen LogP contribution >= 0.6 is 0 Å². The largest absolute Gasteiger partial charge is 0.416 e. The van der Waals surface area contributed by atoms with Crippen LogP contribution in [0.4, 0.5) is 13.2 Å². The highest BCUT2D eigenvalue weighted by Gasteiger charge is 2.30. The maximum Gasteiger partial charge on any atom is 0.416 e. The Morgan fingerprint density at radius 1 is 1.12 bits per heavy atom. The Balaban J connectivity index is 1.83. The number of alkyl halides is 3. The Morgan fingerprint density at radius 3 is 2.27 bits per heavy atom. The minimum Gasteiger partial charge on any atom is -0.350 e. The summed E-state index contributed by atoms with van der Waals surface area (Å²) in [4.78, 5) is 24.0. The van der Waals surface area contributed by atoms with Crippen LogP contribution in [-0.4, -0.2) is 30.9 Å². The van der Waals surface area contributed by atoms with Crippen molar-refractivity contribution in [1.29, 1.82) is 0 Å². The van der Waals surface area contributed by atoms with Crippen LogP contribution in [0.5, 0.6) is 0 Å². The zero-order valence-electron chi connectivity index (χ0n) is 14.4. The fourth-order valence-electron chi connectivity index (χ4n) is 3.24. The first-order valence-electron chi connectivity index (χ1n) is 8.76. The van der Waals surface area contributed by atoms with Gasteiger partial charge in [0.2, 0.25) is 5.91 Å². The van der Waals surface area contributed by atoms with Crippen molar-refractivity contribution in [3.63, 3.8) is 0 Å². The van der Waals surface area contributed by atoms with E-state index in [0.29, 0.717) is 12.5 Å². The van der Waals surface area contributed by atoms with Crippen molar-refractivity contribution in [2.24, 2.45) is 11.7 Å². The second-order valence-corrected chi connectivity index (χ2v) is 6.57. The van der Waals surface area contributed by atoms with E-state index in [1.165, 1.54) is 6.42 Å². The molecule has 1 aliphatic carbocycles. The Kier molecular flexibility index (Phi) is 7.02. The molecule has 5 nitrogen and oxygen atoms in total. The molecule has 8 heteroatoms. The molecule has 4 N–H and O–H groups in total. The fraction of sp³-hybridized carbons (Fsp3) is 0.556. The third-order valence-corrected chi connectivity index (χ3v) is 4.70. The lowest BCUT2D eigenvalue weighted by molar-refractivity contribution is -0.137. The maximum absolute atomic E-state index is 12.5. The molecule has 0 spiro atoms. The number of halogens is 3. The number of hydrogen-bond acceptors (Lipinski definition) is 3. The van der Waals surface area contributed by atoms with Crippen molar-refractivity contribution in [1.82, 2.24) is 10.6 Å². The highest BCUT2D eigenvalue weighted by atomic mass is 19.4. The molecule has 1 fully saturated rings. The standard InChI is InChI=1S/C18H24F3N3O2/c19-18(20,21)14-8-6-13(7-9-14)17(26)23-11-16(25)24-15(10-22)12-4-2-1-3-5-12/h6-9,12,15H,1-5,10-11,22H2,(H,23,26)(H,24,25). The van der Waals surface area contributed by atoms with Crippen LogP contribution in [0.3, 0.4) is 0 Å². The van der Waals surface area contributed by atoms with Gasteiger partial charge in [0.15, 0.2) is 0 Å². The molecule has 1 aromatic rings. The molecule has 0 heterocycles. The van der Waals surface area contributed by atoms with Gasteiger partial charge in [0.05, 0.1) is 12.1 Å². The maximum atomic E-state index is 12.5. The molecule has 2 amide bonds. The summed E-state index contributed by atoms with van der Waals surface area (Å²) in [5.74, 6) is -0.606.